The molecule has 1 heterocycles. The van der Waals surface area contributed by atoms with E-state index in [9.17, 15) is 13.2 Å². The van der Waals surface area contributed by atoms with E-state index in [-0.39, 0.29) is 6.04 Å². The van der Waals surface area contributed by atoms with Crippen LogP contribution < -0.4 is 5.32 Å². The maximum Gasteiger partial charge on any atom is 0.194 e. The first-order valence-corrected chi connectivity index (χ1v) is 4.61. The van der Waals surface area contributed by atoms with Gasteiger partial charge in [-0.25, -0.2) is 13.2 Å². The highest BCUT2D eigenvalue weighted by atomic mass is 19.2. The van der Waals surface area contributed by atoms with Gasteiger partial charge in [-0.15, -0.1) is 0 Å². The van der Waals surface area contributed by atoms with E-state index in [1.165, 1.54) is 0 Å². The van der Waals surface area contributed by atoms with Gasteiger partial charge in [-0.3, -0.25) is 0 Å². The van der Waals surface area contributed by atoms with Gasteiger partial charge in [-0.05, 0) is 17.7 Å². The highest BCUT2D eigenvalue weighted by molar-refractivity contribution is 5.19. The van der Waals surface area contributed by atoms with E-state index in [0.29, 0.717) is 25.3 Å². The van der Waals surface area contributed by atoms with E-state index in [2.05, 4.69) is 5.32 Å². The third kappa shape index (κ3) is 2.30. The molecule has 0 spiro atoms. The van der Waals surface area contributed by atoms with Crippen LogP contribution in [0.3, 0.4) is 0 Å². The van der Waals surface area contributed by atoms with Crippen molar-refractivity contribution in [2.45, 2.75) is 12.6 Å². The predicted molar refractivity (Wildman–Crippen MR) is 47.8 cm³/mol. The Balaban J connectivity index is 2.01. The van der Waals surface area contributed by atoms with Gasteiger partial charge in [-0.1, -0.05) is 0 Å². The van der Waals surface area contributed by atoms with Gasteiger partial charge in [0.2, 0.25) is 0 Å². The maximum absolute atomic E-state index is 12.8. The normalized spacial score (nSPS) is 16.5. The van der Waals surface area contributed by atoms with E-state index in [1.807, 2.05) is 0 Å². The molecule has 0 saturated carbocycles. The number of halogens is 3. The standard InChI is InChI=1S/C10H10F3NO/c11-8-1-6(2-9(12)10(8)13)3-14-7-4-15-5-7/h1-2,7,14H,3-5H2. The van der Waals surface area contributed by atoms with E-state index >= 15 is 0 Å². The van der Waals surface area contributed by atoms with E-state index in [4.69, 9.17) is 4.74 Å². The number of ether oxygens (including phenoxy) is 1. The molecule has 1 aromatic carbocycles. The van der Waals surface area contributed by atoms with Gasteiger partial charge >= 0.3 is 0 Å². The number of benzene rings is 1. The van der Waals surface area contributed by atoms with E-state index in [1.54, 1.807) is 0 Å². The molecule has 0 amide bonds. The smallest absolute Gasteiger partial charge is 0.194 e. The van der Waals surface area contributed by atoms with Crippen LogP contribution in [0.5, 0.6) is 0 Å². The highest BCUT2D eigenvalue weighted by Crippen LogP contribution is 2.13. The summed E-state index contributed by atoms with van der Waals surface area (Å²) >= 11 is 0. The van der Waals surface area contributed by atoms with Crippen molar-refractivity contribution in [1.82, 2.24) is 5.32 Å². The molecule has 0 unspecified atom stereocenters. The molecule has 1 saturated heterocycles. The number of hydrogen-bond donors (Lipinski definition) is 1. The Morgan fingerprint density at radius 1 is 1.20 bits per heavy atom. The first-order chi connectivity index (χ1) is 7.16. The zero-order chi connectivity index (χ0) is 10.8. The lowest BCUT2D eigenvalue weighted by atomic mass is 10.2. The van der Waals surface area contributed by atoms with Crippen molar-refractivity contribution in [3.05, 3.63) is 35.1 Å². The molecular weight excluding hydrogens is 207 g/mol. The van der Waals surface area contributed by atoms with Gasteiger partial charge in [-0.2, -0.15) is 0 Å². The maximum atomic E-state index is 12.8. The third-order valence-corrected chi connectivity index (χ3v) is 2.28. The average Bonchev–Trinajstić information content (AvgIpc) is 2.11. The molecule has 1 fully saturated rings. The number of hydrogen-bond acceptors (Lipinski definition) is 2. The molecule has 82 valence electrons. The van der Waals surface area contributed by atoms with Crippen molar-refractivity contribution in [1.29, 1.82) is 0 Å². The first kappa shape index (κ1) is 10.4. The lowest BCUT2D eigenvalue weighted by Gasteiger charge is -2.27. The van der Waals surface area contributed by atoms with Crippen molar-refractivity contribution in [3.63, 3.8) is 0 Å². The fourth-order valence-electron chi connectivity index (χ4n) is 1.33. The summed E-state index contributed by atoms with van der Waals surface area (Å²) in [4.78, 5) is 0. The van der Waals surface area contributed by atoms with Crippen molar-refractivity contribution < 1.29 is 17.9 Å². The summed E-state index contributed by atoms with van der Waals surface area (Å²) in [6.45, 7) is 1.51. The third-order valence-electron chi connectivity index (χ3n) is 2.28. The largest absolute Gasteiger partial charge is 0.378 e. The molecular formula is C10H10F3NO. The van der Waals surface area contributed by atoms with Crippen LogP contribution in [0.1, 0.15) is 5.56 Å². The monoisotopic (exact) mass is 217 g/mol. The minimum Gasteiger partial charge on any atom is -0.378 e. The molecule has 0 radical (unpaired) electrons. The average molecular weight is 217 g/mol. The summed E-state index contributed by atoms with van der Waals surface area (Å²) in [6, 6.07) is 2.21. The van der Waals surface area contributed by atoms with Crippen LogP contribution in [0.25, 0.3) is 0 Å². The topological polar surface area (TPSA) is 21.3 Å². The SMILES string of the molecule is Fc1cc(CNC2COC2)cc(F)c1F. The summed E-state index contributed by atoms with van der Waals surface area (Å²) in [5.74, 6) is -3.74. The molecule has 15 heavy (non-hydrogen) atoms. The van der Waals surface area contributed by atoms with Gasteiger partial charge in [0.1, 0.15) is 0 Å². The van der Waals surface area contributed by atoms with Crippen LogP contribution in [0.2, 0.25) is 0 Å². The molecule has 1 aliphatic heterocycles. The zero-order valence-electron chi connectivity index (χ0n) is 7.90. The molecule has 1 aliphatic rings. The lowest BCUT2D eigenvalue weighted by molar-refractivity contribution is -0.00580. The van der Waals surface area contributed by atoms with Gasteiger partial charge in [0.15, 0.2) is 17.5 Å². The van der Waals surface area contributed by atoms with Crippen LogP contribution in [0.4, 0.5) is 13.2 Å². The summed E-state index contributed by atoms with van der Waals surface area (Å²) in [6.07, 6.45) is 0. The van der Waals surface area contributed by atoms with Crippen LogP contribution in [0, 0.1) is 17.5 Å². The van der Waals surface area contributed by atoms with Crippen molar-refractivity contribution in [2.75, 3.05) is 13.2 Å². The van der Waals surface area contributed by atoms with E-state index in [0.717, 1.165) is 12.1 Å². The van der Waals surface area contributed by atoms with Crippen LogP contribution >= 0.6 is 0 Å². The molecule has 0 aliphatic carbocycles. The Morgan fingerprint density at radius 3 is 2.27 bits per heavy atom. The Hall–Kier alpha value is -1.07. The summed E-state index contributed by atoms with van der Waals surface area (Å²) < 4.78 is 43.1. The molecule has 2 rings (SSSR count). The van der Waals surface area contributed by atoms with Crippen molar-refractivity contribution >= 4 is 0 Å². The Bertz CT molecular complexity index is 343. The zero-order valence-corrected chi connectivity index (χ0v) is 7.90. The van der Waals surface area contributed by atoms with Crippen LogP contribution in [-0.4, -0.2) is 19.3 Å². The van der Waals surface area contributed by atoms with Gasteiger partial charge in [0.05, 0.1) is 19.3 Å². The molecule has 5 heteroatoms. The van der Waals surface area contributed by atoms with Crippen molar-refractivity contribution in [3.8, 4) is 0 Å². The summed E-state index contributed by atoms with van der Waals surface area (Å²) in [5, 5.41) is 3.03. The van der Waals surface area contributed by atoms with Gasteiger partial charge in [0, 0.05) is 6.54 Å². The molecule has 1 N–H and O–H groups in total. The van der Waals surface area contributed by atoms with Crippen molar-refractivity contribution in [2.24, 2.45) is 0 Å². The van der Waals surface area contributed by atoms with E-state index < -0.39 is 17.5 Å². The highest BCUT2D eigenvalue weighted by Gasteiger charge is 2.17. The van der Waals surface area contributed by atoms with Crippen LogP contribution in [0.15, 0.2) is 12.1 Å². The Kier molecular flexibility index (Phi) is 2.93. The fraction of sp³-hybridized carbons (Fsp3) is 0.400. The quantitative estimate of drug-likeness (QED) is 0.776. The molecule has 0 atom stereocenters. The minimum absolute atomic E-state index is 0.223. The summed E-state index contributed by atoms with van der Waals surface area (Å²) in [7, 11) is 0. The van der Waals surface area contributed by atoms with Gasteiger partial charge in [0.25, 0.3) is 0 Å². The lowest BCUT2D eigenvalue weighted by Crippen LogP contribution is -2.45. The molecule has 0 aromatic heterocycles. The van der Waals surface area contributed by atoms with Crippen LogP contribution in [-0.2, 0) is 11.3 Å². The summed E-state index contributed by atoms with van der Waals surface area (Å²) in [5.41, 5.74) is 0.387. The number of nitrogens with one attached hydrogen (secondary N) is 1. The molecule has 0 bridgehead atoms. The predicted octanol–water partition coefficient (Wildman–Crippen LogP) is 1.59. The number of rotatable bonds is 3. The molecule has 2 nitrogen and oxygen atoms in total. The molecule has 1 aromatic rings. The van der Waals surface area contributed by atoms with Gasteiger partial charge < -0.3 is 10.1 Å². The fourth-order valence-corrected chi connectivity index (χ4v) is 1.33. The minimum atomic E-state index is -1.43. The second-order valence-electron chi connectivity index (χ2n) is 3.49. The second kappa shape index (κ2) is 4.20. The Labute approximate surface area is 85.0 Å². The first-order valence-electron chi connectivity index (χ1n) is 4.61. The Morgan fingerprint density at radius 2 is 1.80 bits per heavy atom. The second-order valence-corrected chi connectivity index (χ2v) is 3.49.